The van der Waals surface area contributed by atoms with Crippen molar-refractivity contribution < 1.29 is 17.9 Å². The van der Waals surface area contributed by atoms with Gasteiger partial charge >= 0.3 is 6.18 Å². The first-order chi connectivity index (χ1) is 6.57. The van der Waals surface area contributed by atoms with Gasteiger partial charge in [-0.15, -0.1) is 0 Å². The molecular weight excluding hydrogens is 193 g/mol. The maximum Gasteiger partial charge on any atom is 0.416 e. The number of benzene rings is 1. The zero-order valence-corrected chi connectivity index (χ0v) is 7.34. The molecule has 0 amide bonds. The van der Waals surface area contributed by atoms with Crippen molar-refractivity contribution in [2.24, 2.45) is 0 Å². The van der Waals surface area contributed by atoms with Gasteiger partial charge in [0.1, 0.15) is 0 Å². The molecule has 0 spiro atoms. The van der Waals surface area contributed by atoms with E-state index in [0.29, 0.717) is 18.8 Å². The maximum absolute atomic E-state index is 12.3. The molecule has 1 nitrogen and oxygen atoms in total. The Bertz CT molecular complexity index is 328. The van der Waals surface area contributed by atoms with Crippen LogP contribution in [0.3, 0.4) is 0 Å². The fraction of sp³-hybridized carbons (Fsp3) is 0.400. The molecule has 0 aliphatic carbocycles. The van der Waals surface area contributed by atoms with Crippen molar-refractivity contribution >= 4 is 0 Å². The summed E-state index contributed by atoms with van der Waals surface area (Å²) in [4.78, 5) is 0. The van der Waals surface area contributed by atoms with E-state index in [9.17, 15) is 13.2 Å². The van der Waals surface area contributed by atoms with Gasteiger partial charge in [-0.25, -0.2) is 0 Å². The highest BCUT2D eigenvalue weighted by Crippen LogP contribution is 2.32. The molecule has 0 unspecified atom stereocenters. The summed E-state index contributed by atoms with van der Waals surface area (Å²) >= 11 is 0. The lowest BCUT2D eigenvalue weighted by atomic mass is 9.96. The van der Waals surface area contributed by atoms with Gasteiger partial charge in [0.2, 0.25) is 0 Å². The van der Waals surface area contributed by atoms with Crippen LogP contribution in [0, 0.1) is 0 Å². The van der Waals surface area contributed by atoms with Gasteiger partial charge in [-0.2, -0.15) is 13.2 Å². The molecule has 0 aromatic heterocycles. The van der Waals surface area contributed by atoms with Gasteiger partial charge in [0.15, 0.2) is 0 Å². The highest BCUT2D eigenvalue weighted by Gasteiger charge is 2.31. The molecule has 0 N–H and O–H groups in total. The molecule has 1 aromatic rings. The number of ether oxygens (including phenoxy) is 1. The summed E-state index contributed by atoms with van der Waals surface area (Å²) in [5.74, 6) is 0.136. The summed E-state index contributed by atoms with van der Waals surface area (Å²) in [6.45, 7) is 1.06. The monoisotopic (exact) mass is 202 g/mol. The smallest absolute Gasteiger partial charge is 0.380 e. The molecule has 1 aromatic carbocycles. The summed E-state index contributed by atoms with van der Waals surface area (Å²) in [6.07, 6.45) is -4.25. The lowest BCUT2D eigenvalue weighted by Gasteiger charge is -2.26. The third-order valence-electron chi connectivity index (χ3n) is 2.32. The minimum absolute atomic E-state index is 0.136. The van der Waals surface area contributed by atoms with E-state index >= 15 is 0 Å². The predicted octanol–water partition coefficient (Wildman–Crippen LogP) is 2.82. The Morgan fingerprint density at radius 3 is 2.43 bits per heavy atom. The topological polar surface area (TPSA) is 9.23 Å². The van der Waals surface area contributed by atoms with E-state index in [2.05, 4.69) is 0 Å². The van der Waals surface area contributed by atoms with Crippen LogP contribution in [0.1, 0.15) is 17.0 Å². The molecular formula is C10H9F3O. The first-order valence-electron chi connectivity index (χ1n) is 4.32. The van der Waals surface area contributed by atoms with Crippen molar-refractivity contribution in [2.45, 2.75) is 12.1 Å². The Morgan fingerprint density at radius 2 is 1.93 bits per heavy atom. The molecule has 1 fully saturated rings. The first kappa shape index (κ1) is 9.52. The number of rotatable bonds is 1. The second-order valence-corrected chi connectivity index (χ2v) is 3.36. The summed E-state index contributed by atoms with van der Waals surface area (Å²) in [6, 6.07) is 5.44. The quantitative estimate of drug-likeness (QED) is 0.680. The van der Waals surface area contributed by atoms with E-state index in [0.717, 1.165) is 6.07 Å². The number of hydrogen-bond acceptors (Lipinski definition) is 1. The van der Waals surface area contributed by atoms with E-state index in [4.69, 9.17) is 4.74 Å². The molecule has 0 atom stereocenters. The largest absolute Gasteiger partial charge is 0.416 e. The van der Waals surface area contributed by atoms with Crippen LogP contribution >= 0.6 is 0 Å². The molecule has 0 radical (unpaired) electrons. The van der Waals surface area contributed by atoms with Crippen molar-refractivity contribution in [1.82, 2.24) is 0 Å². The predicted molar refractivity (Wildman–Crippen MR) is 45.0 cm³/mol. The van der Waals surface area contributed by atoms with Crippen LogP contribution in [-0.2, 0) is 10.9 Å². The molecule has 0 saturated carbocycles. The van der Waals surface area contributed by atoms with Crippen molar-refractivity contribution in [3.8, 4) is 0 Å². The minimum Gasteiger partial charge on any atom is -0.380 e. The third-order valence-corrected chi connectivity index (χ3v) is 2.32. The molecule has 0 bridgehead atoms. The van der Waals surface area contributed by atoms with E-state index in [-0.39, 0.29) is 5.92 Å². The summed E-state index contributed by atoms with van der Waals surface area (Å²) in [7, 11) is 0. The minimum atomic E-state index is -4.25. The van der Waals surface area contributed by atoms with E-state index < -0.39 is 11.7 Å². The first-order valence-corrected chi connectivity index (χ1v) is 4.32. The number of alkyl halides is 3. The van der Waals surface area contributed by atoms with Gasteiger partial charge in [0.05, 0.1) is 18.8 Å². The standard InChI is InChI=1S/C10H9F3O/c11-10(12,13)9-3-1-2-7(4-9)8-5-14-6-8/h1-4,8H,5-6H2. The lowest BCUT2D eigenvalue weighted by Crippen LogP contribution is -2.25. The number of halogens is 3. The van der Waals surface area contributed by atoms with E-state index in [1.54, 1.807) is 6.07 Å². The van der Waals surface area contributed by atoms with Crippen LogP contribution in [0.2, 0.25) is 0 Å². The Kier molecular flexibility index (Phi) is 2.23. The SMILES string of the molecule is FC(F)(F)c1cccc(C2COC2)c1. The second kappa shape index (κ2) is 3.28. The average molecular weight is 202 g/mol. The molecule has 76 valence electrons. The van der Waals surface area contributed by atoms with Gasteiger partial charge in [0.25, 0.3) is 0 Å². The Hall–Kier alpha value is -1.03. The average Bonchev–Trinajstić information content (AvgIpc) is 2.00. The highest BCUT2D eigenvalue weighted by atomic mass is 19.4. The van der Waals surface area contributed by atoms with Gasteiger partial charge in [-0.1, -0.05) is 18.2 Å². The van der Waals surface area contributed by atoms with Gasteiger partial charge in [-0.05, 0) is 11.6 Å². The second-order valence-electron chi connectivity index (χ2n) is 3.36. The molecule has 1 aliphatic rings. The van der Waals surface area contributed by atoms with Gasteiger partial charge < -0.3 is 4.74 Å². The number of hydrogen-bond donors (Lipinski definition) is 0. The van der Waals surface area contributed by atoms with Crippen molar-refractivity contribution in [1.29, 1.82) is 0 Å². The van der Waals surface area contributed by atoms with Crippen LogP contribution < -0.4 is 0 Å². The lowest BCUT2D eigenvalue weighted by molar-refractivity contribution is -0.137. The molecule has 1 aliphatic heterocycles. The van der Waals surface area contributed by atoms with Crippen LogP contribution in [0.5, 0.6) is 0 Å². The molecule has 4 heteroatoms. The summed E-state index contributed by atoms with van der Waals surface area (Å²) in [5, 5.41) is 0. The third kappa shape index (κ3) is 1.75. The van der Waals surface area contributed by atoms with Crippen molar-refractivity contribution in [3.05, 3.63) is 35.4 Å². The fourth-order valence-electron chi connectivity index (χ4n) is 1.40. The van der Waals surface area contributed by atoms with Crippen LogP contribution in [0.4, 0.5) is 13.2 Å². The normalized spacial score (nSPS) is 17.9. The van der Waals surface area contributed by atoms with E-state index in [1.165, 1.54) is 12.1 Å². The molecule has 2 rings (SSSR count). The summed E-state index contributed by atoms with van der Waals surface area (Å²) in [5.41, 5.74) is 0.132. The molecule has 1 heterocycles. The maximum atomic E-state index is 12.3. The summed E-state index contributed by atoms with van der Waals surface area (Å²) < 4.78 is 41.9. The van der Waals surface area contributed by atoms with Crippen LogP contribution in [0.25, 0.3) is 0 Å². The van der Waals surface area contributed by atoms with E-state index in [1.807, 2.05) is 0 Å². The molecule has 14 heavy (non-hydrogen) atoms. The Morgan fingerprint density at radius 1 is 1.21 bits per heavy atom. The van der Waals surface area contributed by atoms with Crippen LogP contribution in [-0.4, -0.2) is 13.2 Å². The molecule has 1 saturated heterocycles. The Balaban J connectivity index is 2.26. The van der Waals surface area contributed by atoms with Gasteiger partial charge in [-0.3, -0.25) is 0 Å². The van der Waals surface area contributed by atoms with Crippen molar-refractivity contribution in [2.75, 3.05) is 13.2 Å². The van der Waals surface area contributed by atoms with Crippen molar-refractivity contribution in [3.63, 3.8) is 0 Å². The Labute approximate surface area is 79.5 Å². The van der Waals surface area contributed by atoms with Gasteiger partial charge in [0, 0.05) is 5.92 Å². The highest BCUT2D eigenvalue weighted by molar-refractivity contribution is 5.29. The fourth-order valence-corrected chi connectivity index (χ4v) is 1.40. The zero-order valence-electron chi connectivity index (χ0n) is 7.34. The van der Waals surface area contributed by atoms with Crippen LogP contribution in [0.15, 0.2) is 24.3 Å². The zero-order chi connectivity index (χ0) is 10.2.